The van der Waals surface area contributed by atoms with E-state index in [9.17, 15) is 8.42 Å². The van der Waals surface area contributed by atoms with E-state index >= 15 is 0 Å². The van der Waals surface area contributed by atoms with Gasteiger partial charge in [0.15, 0.2) is 0 Å². The van der Waals surface area contributed by atoms with Gasteiger partial charge in [-0.15, -0.1) is 0 Å². The van der Waals surface area contributed by atoms with Crippen LogP contribution >= 0.6 is 0 Å². The lowest BCUT2D eigenvalue weighted by Gasteiger charge is -2.32. The van der Waals surface area contributed by atoms with Gasteiger partial charge in [-0.3, -0.25) is 0 Å². The minimum absolute atomic E-state index is 0.0660. The van der Waals surface area contributed by atoms with Gasteiger partial charge in [0.1, 0.15) is 0 Å². The van der Waals surface area contributed by atoms with Crippen molar-refractivity contribution in [3.63, 3.8) is 0 Å². The Morgan fingerprint density at radius 3 is 2.89 bits per heavy atom. The van der Waals surface area contributed by atoms with Crippen LogP contribution in [-0.2, 0) is 14.8 Å². The zero-order valence-electron chi connectivity index (χ0n) is 11.8. The molecule has 0 radical (unpaired) electrons. The fourth-order valence-electron chi connectivity index (χ4n) is 2.78. The number of piperidine rings is 1. The lowest BCUT2D eigenvalue weighted by molar-refractivity contribution is -0.00279. The highest BCUT2D eigenvalue weighted by Gasteiger charge is 2.29. The van der Waals surface area contributed by atoms with Crippen molar-refractivity contribution in [3.05, 3.63) is 0 Å². The van der Waals surface area contributed by atoms with Crippen LogP contribution in [0, 0.1) is 0 Å². The summed E-state index contributed by atoms with van der Waals surface area (Å²) in [5.74, 6) is 0.265. The minimum Gasteiger partial charge on any atom is -0.375 e. The zero-order chi connectivity index (χ0) is 13.7. The molecular formula is C13H26N2O3S. The molecule has 2 unspecified atom stereocenters. The molecule has 0 aromatic carbocycles. The molecule has 2 atom stereocenters. The summed E-state index contributed by atoms with van der Waals surface area (Å²) in [5.41, 5.74) is 0. The summed E-state index contributed by atoms with van der Waals surface area (Å²) in [7, 11) is -3.11. The molecule has 2 rings (SSSR count). The van der Waals surface area contributed by atoms with Crippen molar-refractivity contribution in [1.29, 1.82) is 0 Å². The lowest BCUT2D eigenvalue weighted by atomic mass is 10.0. The molecule has 2 aliphatic rings. The second-order valence-electron chi connectivity index (χ2n) is 5.51. The van der Waals surface area contributed by atoms with Crippen LogP contribution in [0.3, 0.4) is 0 Å². The van der Waals surface area contributed by atoms with Crippen LogP contribution in [0.4, 0.5) is 0 Å². The first-order valence-electron chi connectivity index (χ1n) is 7.44. The molecule has 0 amide bonds. The molecule has 6 heteroatoms. The molecule has 112 valence electrons. The van der Waals surface area contributed by atoms with E-state index in [1.807, 2.05) is 6.92 Å². The van der Waals surface area contributed by atoms with Crippen molar-refractivity contribution in [2.24, 2.45) is 0 Å². The summed E-state index contributed by atoms with van der Waals surface area (Å²) in [6, 6.07) is 0.381. The lowest BCUT2D eigenvalue weighted by Crippen LogP contribution is -2.47. The predicted octanol–water partition coefficient (Wildman–Crippen LogP) is 0.959. The average Bonchev–Trinajstić information content (AvgIpc) is 2.46. The Morgan fingerprint density at radius 1 is 1.37 bits per heavy atom. The molecule has 0 aliphatic carbocycles. The number of nitrogens with one attached hydrogen (secondary N) is 1. The molecular weight excluding hydrogens is 264 g/mol. The van der Waals surface area contributed by atoms with Crippen LogP contribution in [-0.4, -0.2) is 56.9 Å². The second kappa shape index (κ2) is 7.02. The van der Waals surface area contributed by atoms with E-state index in [-0.39, 0.29) is 11.9 Å². The highest BCUT2D eigenvalue weighted by Crippen LogP contribution is 2.16. The Bertz CT molecular complexity index is 366. The molecule has 0 aromatic rings. The number of sulfonamides is 1. The number of hydrogen-bond donors (Lipinski definition) is 1. The molecule has 2 heterocycles. The summed E-state index contributed by atoms with van der Waals surface area (Å²) in [4.78, 5) is 0. The van der Waals surface area contributed by atoms with E-state index in [4.69, 9.17) is 4.74 Å². The maximum absolute atomic E-state index is 12.3. The Labute approximate surface area is 116 Å². The number of hydrogen-bond acceptors (Lipinski definition) is 4. The first kappa shape index (κ1) is 15.2. The number of rotatable bonds is 5. The quantitative estimate of drug-likeness (QED) is 0.819. The number of nitrogens with zero attached hydrogens (tertiary/aromatic N) is 1. The summed E-state index contributed by atoms with van der Waals surface area (Å²) in [6.07, 6.45) is 5.21. The van der Waals surface area contributed by atoms with Gasteiger partial charge in [-0.25, -0.2) is 8.42 Å². The molecule has 0 saturated carbocycles. The van der Waals surface area contributed by atoms with Crippen molar-refractivity contribution in [2.45, 2.75) is 51.2 Å². The Balaban J connectivity index is 1.83. The van der Waals surface area contributed by atoms with Gasteiger partial charge in [-0.05, 0) is 32.2 Å². The highest BCUT2D eigenvalue weighted by molar-refractivity contribution is 7.89. The maximum Gasteiger partial charge on any atom is 0.214 e. The van der Waals surface area contributed by atoms with Crippen LogP contribution in [0.2, 0.25) is 0 Å². The van der Waals surface area contributed by atoms with E-state index in [1.165, 1.54) is 12.8 Å². The van der Waals surface area contributed by atoms with Crippen molar-refractivity contribution in [3.8, 4) is 0 Å². The molecule has 0 aromatic heterocycles. The SMILES string of the molecule is CCC1CN(S(=O)(=O)CCC2CCCCN2)CCO1. The standard InChI is InChI=1S/C13H26N2O3S/c1-2-13-11-15(8-9-18-13)19(16,17)10-6-12-5-3-4-7-14-12/h12-14H,2-11H2,1H3. The summed E-state index contributed by atoms with van der Waals surface area (Å²) in [6.45, 7) is 4.63. The Morgan fingerprint density at radius 2 is 2.21 bits per heavy atom. The number of ether oxygens (including phenoxy) is 1. The van der Waals surface area contributed by atoms with E-state index in [2.05, 4.69) is 5.32 Å². The van der Waals surface area contributed by atoms with Crippen LogP contribution < -0.4 is 5.32 Å². The van der Waals surface area contributed by atoms with Gasteiger partial charge in [0.25, 0.3) is 0 Å². The fourth-order valence-corrected chi connectivity index (χ4v) is 4.37. The zero-order valence-corrected chi connectivity index (χ0v) is 12.6. The highest BCUT2D eigenvalue weighted by atomic mass is 32.2. The fraction of sp³-hybridized carbons (Fsp3) is 1.00. The van der Waals surface area contributed by atoms with Gasteiger partial charge in [0.05, 0.1) is 18.5 Å². The van der Waals surface area contributed by atoms with Gasteiger partial charge in [0.2, 0.25) is 10.0 Å². The van der Waals surface area contributed by atoms with Crippen molar-refractivity contribution in [2.75, 3.05) is 32.0 Å². The largest absolute Gasteiger partial charge is 0.375 e. The van der Waals surface area contributed by atoms with Crippen molar-refractivity contribution < 1.29 is 13.2 Å². The van der Waals surface area contributed by atoms with Gasteiger partial charge in [-0.1, -0.05) is 13.3 Å². The maximum atomic E-state index is 12.3. The predicted molar refractivity (Wildman–Crippen MR) is 75.6 cm³/mol. The summed E-state index contributed by atoms with van der Waals surface area (Å²) < 4.78 is 31.8. The van der Waals surface area contributed by atoms with E-state index in [1.54, 1.807) is 4.31 Å². The number of morpholine rings is 1. The molecule has 2 saturated heterocycles. The molecule has 2 fully saturated rings. The Kier molecular flexibility index (Phi) is 5.62. The molecule has 0 bridgehead atoms. The third-order valence-corrected chi connectivity index (χ3v) is 5.96. The first-order chi connectivity index (χ1) is 9.12. The van der Waals surface area contributed by atoms with E-state index in [0.29, 0.717) is 25.7 Å². The molecule has 1 N–H and O–H groups in total. The topological polar surface area (TPSA) is 58.6 Å². The third-order valence-electron chi connectivity index (χ3n) is 4.09. The second-order valence-corrected chi connectivity index (χ2v) is 7.60. The van der Waals surface area contributed by atoms with Gasteiger partial charge >= 0.3 is 0 Å². The van der Waals surface area contributed by atoms with Crippen molar-refractivity contribution in [1.82, 2.24) is 9.62 Å². The van der Waals surface area contributed by atoms with Gasteiger partial charge < -0.3 is 10.1 Å². The molecule has 0 spiro atoms. The smallest absolute Gasteiger partial charge is 0.214 e. The van der Waals surface area contributed by atoms with Gasteiger partial charge in [0, 0.05) is 19.1 Å². The van der Waals surface area contributed by atoms with Crippen LogP contribution in [0.15, 0.2) is 0 Å². The average molecular weight is 290 g/mol. The molecule has 2 aliphatic heterocycles. The van der Waals surface area contributed by atoms with Crippen molar-refractivity contribution >= 4 is 10.0 Å². The summed E-state index contributed by atoms with van der Waals surface area (Å²) in [5, 5.41) is 3.41. The molecule has 5 nitrogen and oxygen atoms in total. The van der Waals surface area contributed by atoms with E-state index in [0.717, 1.165) is 25.8 Å². The third kappa shape index (κ3) is 4.41. The van der Waals surface area contributed by atoms with Crippen LogP contribution in [0.1, 0.15) is 39.0 Å². The minimum atomic E-state index is -3.11. The van der Waals surface area contributed by atoms with E-state index < -0.39 is 10.0 Å². The first-order valence-corrected chi connectivity index (χ1v) is 9.05. The normalized spacial score (nSPS) is 30.4. The van der Waals surface area contributed by atoms with Gasteiger partial charge in [-0.2, -0.15) is 4.31 Å². The Hall–Kier alpha value is -0.170. The van der Waals surface area contributed by atoms with Crippen LogP contribution in [0.25, 0.3) is 0 Å². The summed E-state index contributed by atoms with van der Waals surface area (Å²) >= 11 is 0. The molecule has 19 heavy (non-hydrogen) atoms. The van der Waals surface area contributed by atoms with Crippen LogP contribution in [0.5, 0.6) is 0 Å². The monoisotopic (exact) mass is 290 g/mol.